The van der Waals surface area contributed by atoms with Gasteiger partial charge in [0.2, 0.25) is 43.7 Å². The summed E-state index contributed by atoms with van der Waals surface area (Å²) in [4.78, 5) is 106. The highest BCUT2D eigenvalue weighted by atomic mass is 32.2. The number of rotatable bonds is 13. The first-order valence-corrected chi connectivity index (χ1v) is 28.1. The quantitative estimate of drug-likeness (QED) is 0.180. The minimum atomic E-state index is -3.83. The van der Waals surface area contributed by atoms with Crippen LogP contribution in [0.4, 0.5) is 18.4 Å². The largest absolute Gasteiger partial charge is 0.479 e. The molecule has 2 saturated heterocycles. The van der Waals surface area contributed by atoms with E-state index in [0.717, 1.165) is 12.8 Å². The summed E-state index contributed by atoms with van der Waals surface area (Å²) in [5.74, 6) is -5.72. The van der Waals surface area contributed by atoms with Crippen LogP contribution in [0.15, 0.2) is 61.7 Å². The molecule has 424 valence electrons. The number of likely N-dealkylation sites (tertiary alicyclic amines) is 2. The van der Waals surface area contributed by atoms with Crippen LogP contribution in [0.25, 0.3) is 0 Å². The van der Waals surface area contributed by atoms with Crippen molar-refractivity contribution in [2.75, 3.05) is 13.1 Å². The number of benzene rings is 2. The zero-order valence-corrected chi connectivity index (χ0v) is 43.8. The number of nitrogens with one attached hydrogen (secondary N) is 3. The third-order valence-electron chi connectivity index (χ3n) is 15.1. The number of hydrogen-bond donors (Lipinski definition) is 5. The van der Waals surface area contributed by atoms with Crippen LogP contribution in [-0.2, 0) is 84.5 Å². The third kappa shape index (κ3) is 12.5. The number of sulfonamides is 2. The molecule has 0 unspecified atom stereocenters. The summed E-state index contributed by atoms with van der Waals surface area (Å²) in [7, 11) is -6.96. The molecule has 10 rings (SSSR count). The van der Waals surface area contributed by atoms with Gasteiger partial charge < -0.3 is 35.0 Å². The molecule has 6 fully saturated rings. The van der Waals surface area contributed by atoms with E-state index in [-0.39, 0.29) is 95.3 Å². The molecule has 78 heavy (non-hydrogen) atoms. The van der Waals surface area contributed by atoms with Gasteiger partial charge in [0, 0.05) is 62.7 Å². The van der Waals surface area contributed by atoms with Crippen LogP contribution in [0.3, 0.4) is 0 Å². The predicted octanol–water partition coefficient (Wildman–Crippen LogP) is 2.42. The summed E-state index contributed by atoms with van der Waals surface area (Å²) in [6.07, 6.45) is 2.96. The normalized spacial score (nSPS) is 27.1. The number of halogens is 2. The fraction of sp³-hybridized carbons (Fsp3) is 0.529. The first kappa shape index (κ1) is 58.7. The van der Waals surface area contributed by atoms with E-state index in [2.05, 4.69) is 28.5 Å². The van der Waals surface area contributed by atoms with Gasteiger partial charge in [-0.05, 0) is 61.8 Å². The van der Waals surface area contributed by atoms with Crippen LogP contribution in [0.2, 0.25) is 0 Å². The number of nitrogens with zero attached hydrogens (tertiary/aromatic N) is 4. The Morgan fingerprint density at radius 2 is 1.09 bits per heavy atom. The minimum absolute atomic E-state index is 0. The van der Waals surface area contributed by atoms with Crippen molar-refractivity contribution in [3.63, 3.8) is 0 Å². The molecule has 4 aliphatic carbocycles. The third-order valence-corrected chi connectivity index (χ3v) is 18.3. The number of primary sulfonamides is 1. The molecule has 7 amide bonds. The molecule has 4 aliphatic heterocycles. The average molecular weight is 1130 g/mol. The summed E-state index contributed by atoms with van der Waals surface area (Å²) >= 11 is 0. The molecule has 2 aromatic carbocycles. The smallest absolute Gasteiger partial charge is 0.410 e. The van der Waals surface area contributed by atoms with Gasteiger partial charge in [0.15, 0.2) is 0 Å². The van der Waals surface area contributed by atoms with Gasteiger partial charge in [0.05, 0.1) is 36.7 Å². The number of fused-ring (bicyclic) bond motifs is 2. The molecule has 0 spiro atoms. The fourth-order valence-electron chi connectivity index (χ4n) is 10.1. The van der Waals surface area contributed by atoms with E-state index in [1.54, 1.807) is 24.3 Å². The van der Waals surface area contributed by atoms with Crippen molar-refractivity contribution in [3.05, 3.63) is 95.6 Å². The second-order valence-corrected chi connectivity index (χ2v) is 24.4. The van der Waals surface area contributed by atoms with Gasteiger partial charge in [-0.1, -0.05) is 43.8 Å². The van der Waals surface area contributed by atoms with Crippen LogP contribution in [0.5, 0.6) is 0 Å². The van der Waals surface area contributed by atoms with E-state index < -0.39 is 114 Å². The Balaban J connectivity index is 0.000000200. The van der Waals surface area contributed by atoms with Crippen molar-refractivity contribution in [1.29, 1.82) is 0 Å². The monoisotopic (exact) mass is 1130 g/mol. The number of ether oxygens (including phenoxy) is 2. The van der Waals surface area contributed by atoms with Crippen molar-refractivity contribution in [1.82, 2.24) is 35.0 Å². The predicted molar refractivity (Wildman–Crippen MR) is 272 cm³/mol. The number of aliphatic carboxylic acids is 1. The molecule has 4 saturated carbocycles. The highest BCUT2D eigenvalue weighted by molar-refractivity contribution is 7.91. The Kier molecular flexibility index (Phi) is 16.8. The van der Waals surface area contributed by atoms with Gasteiger partial charge in [-0.3, -0.25) is 38.5 Å². The maximum atomic E-state index is 14.1. The van der Waals surface area contributed by atoms with Gasteiger partial charge in [-0.15, -0.1) is 13.2 Å². The van der Waals surface area contributed by atoms with Gasteiger partial charge >= 0.3 is 18.2 Å². The van der Waals surface area contributed by atoms with E-state index in [1.165, 1.54) is 57.7 Å². The highest BCUT2D eigenvalue weighted by Crippen LogP contribution is 2.46. The summed E-state index contributed by atoms with van der Waals surface area (Å²) in [5, 5.41) is 18.6. The Morgan fingerprint density at radius 1 is 0.679 bits per heavy atom. The van der Waals surface area contributed by atoms with Crippen LogP contribution in [-0.4, -0.2) is 148 Å². The Morgan fingerprint density at radius 3 is 1.42 bits per heavy atom. The van der Waals surface area contributed by atoms with E-state index >= 15 is 0 Å². The molecular formula is C51H64F2N8O15S2. The van der Waals surface area contributed by atoms with Gasteiger partial charge in [-0.25, -0.2) is 45.1 Å². The van der Waals surface area contributed by atoms with Crippen molar-refractivity contribution in [2.24, 2.45) is 17.0 Å². The Bertz CT molecular complexity index is 3050. The van der Waals surface area contributed by atoms with Gasteiger partial charge in [0.1, 0.15) is 47.0 Å². The molecule has 0 aromatic heterocycles. The summed E-state index contributed by atoms with van der Waals surface area (Å²) in [6.45, 7) is 10.3. The number of carboxylic acid groups (broad SMARTS) is 1. The topological polar surface area (TPSA) is 319 Å². The Labute approximate surface area is 450 Å². The van der Waals surface area contributed by atoms with E-state index in [1.807, 2.05) is 0 Å². The standard InChI is InChI=1S/C25H29FN4O7S.C22H24FN3O6.C3H7NO2S.CH4/c1-3-16-10-25(16,23(33)28-38(35,36)18-7-8-18)27-22(32)21-9-17(12-30(21)14(2)31)37-24(34)29-11-15-5-4-6-20(26)19(15)13-29;1-3-14-8-22(14,20(29)30)24-19(28)18-7-15(10-26(18)12(2)27)32-21(31)25-9-13-5-4-6-17(23)16(13)11-25;4-7(5,6)3-1-2-3;/h3-6,16-18,21H,1,7-13H2,2H3,(H,27,32)(H,28,33);3-6,14-15,18H,1,7-11H2,2H3,(H,24,28)(H,29,30);3H,1-2H2,(H2,4,5,6);1H4/t16-,17-,21+,25-;14-,15-,18+,22-;;/m11../s1. The van der Waals surface area contributed by atoms with Crippen LogP contribution >= 0.6 is 0 Å². The maximum absolute atomic E-state index is 14.1. The zero-order valence-electron chi connectivity index (χ0n) is 42.2. The molecule has 8 aliphatic rings. The van der Waals surface area contributed by atoms with Crippen LogP contribution in [0.1, 0.15) is 94.9 Å². The first-order chi connectivity index (χ1) is 36.2. The van der Waals surface area contributed by atoms with E-state index in [0.29, 0.717) is 35.1 Å². The van der Waals surface area contributed by atoms with Crippen molar-refractivity contribution in [3.8, 4) is 0 Å². The van der Waals surface area contributed by atoms with Gasteiger partial charge in [-0.2, -0.15) is 0 Å². The lowest BCUT2D eigenvalue weighted by atomic mass is 10.1. The van der Waals surface area contributed by atoms with Gasteiger partial charge in [0.25, 0.3) is 5.91 Å². The fourth-order valence-corrected chi connectivity index (χ4v) is 12.3. The molecule has 6 N–H and O–H groups in total. The summed E-state index contributed by atoms with van der Waals surface area (Å²) < 4.78 is 86.1. The lowest BCUT2D eigenvalue weighted by Gasteiger charge is -2.25. The summed E-state index contributed by atoms with van der Waals surface area (Å²) in [6, 6.07) is 7.29. The molecule has 2 aromatic rings. The second kappa shape index (κ2) is 22.4. The number of amides is 7. The van der Waals surface area contributed by atoms with E-state index in [9.17, 15) is 69.1 Å². The second-order valence-electron chi connectivity index (χ2n) is 20.6. The Hall–Kier alpha value is -7.00. The van der Waals surface area contributed by atoms with Crippen molar-refractivity contribution in [2.45, 2.75) is 145 Å². The maximum Gasteiger partial charge on any atom is 0.410 e. The molecule has 0 bridgehead atoms. The number of carbonyl (C=O) groups is 8. The number of carboxylic acids is 1. The SMILES string of the molecule is C.C=C[C@@H]1C[C@]1(NC(=O)[C@@H]1C[C@@H](OC(=O)N2Cc3cccc(F)c3C2)CN1C(C)=O)C(=O)NS(=O)(=O)C1CC1.C=C[C@@H]1C[C@]1(NC(=O)[C@@H]1C[C@@H](OC(=O)N2Cc3cccc(F)c3C2)CN1C(C)=O)C(=O)O.NS(=O)(=O)C1CC1. The molecular weight excluding hydrogens is 1070 g/mol. The number of nitrogens with two attached hydrogens (primary N) is 1. The summed E-state index contributed by atoms with van der Waals surface area (Å²) in [5.41, 5.74) is -0.642. The van der Waals surface area contributed by atoms with E-state index in [4.69, 9.17) is 14.6 Å². The zero-order chi connectivity index (χ0) is 56.1. The molecule has 0 radical (unpaired) electrons. The number of carbonyl (C=O) groups excluding carboxylic acids is 7. The number of hydrogen-bond acceptors (Lipinski definition) is 14. The van der Waals surface area contributed by atoms with Crippen LogP contribution < -0.4 is 20.5 Å². The average Bonchev–Trinajstić information content (AvgIpc) is 4.33. The first-order valence-electron chi connectivity index (χ1n) is 24.9. The lowest BCUT2D eigenvalue weighted by Crippen LogP contribution is -2.56. The molecule has 27 heteroatoms. The molecule has 23 nitrogen and oxygen atoms in total. The molecule has 8 atom stereocenters. The molecule has 4 heterocycles. The van der Waals surface area contributed by atoms with Crippen molar-refractivity contribution < 1.29 is 78.6 Å². The lowest BCUT2D eigenvalue weighted by molar-refractivity contribution is -0.145. The minimum Gasteiger partial charge on any atom is -0.479 e. The highest BCUT2D eigenvalue weighted by Gasteiger charge is 2.63. The van der Waals surface area contributed by atoms with Crippen molar-refractivity contribution >= 4 is 67.7 Å². The van der Waals surface area contributed by atoms with Crippen LogP contribution in [0, 0.1) is 23.5 Å².